The molecule has 0 amide bonds. The van der Waals surface area contributed by atoms with Gasteiger partial charge in [0, 0.05) is 18.8 Å². The van der Waals surface area contributed by atoms with Gasteiger partial charge in [-0.05, 0) is 55.3 Å². The number of aromatic nitrogens is 2. The van der Waals surface area contributed by atoms with Crippen molar-refractivity contribution < 1.29 is 4.74 Å². The van der Waals surface area contributed by atoms with E-state index in [-0.39, 0.29) is 0 Å². The van der Waals surface area contributed by atoms with Crippen LogP contribution in [0.2, 0.25) is 0 Å². The van der Waals surface area contributed by atoms with Gasteiger partial charge >= 0.3 is 0 Å². The third kappa shape index (κ3) is 2.70. The summed E-state index contributed by atoms with van der Waals surface area (Å²) < 4.78 is 7.43. The van der Waals surface area contributed by atoms with Gasteiger partial charge in [-0.2, -0.15) is 5.10 Å². The monoisotopic (exact) mass is 307 g/mol. The van der Waals surface area contributed by atoms with Crippen LogP contribution in [0.5, 0.6) is 5.75 Å². The quantitative estimate of drug-likeness (QED) is 0.736. The number of ether oxygens (including phenoxy) is 1. The fourth-order valence-electron chi connectivity index (χ4n) is 3.58. The summed E-state index contributed by atoms with van der Waals surface area (Å²) in [7, 11) is 1.73. The molecule has 0 N–H and O–H groups in total. The van der Waals surface area contributed by atoms with E-state index in [1.54, 1.807) is 7.11 Å². The number of benzene rings is 1. The molecule has 4 heteroatoms. The minimum absolute atomic E-state index is 0.455. The van der Waals surface area contributed by atoms with Crippen molar-refractivity contribution in [3.63, 3.8) is 0 Å². The second kappa shape index (κ2) is 6.05. The fraction of sp³-hybridized carbons (Fsp3) is 0.316. The summed E-state index contributed by atoms with van der Waals surface area (Å²) in [5, 5.41) is 4.46. The Morgan fingerprint density at radius 1 is 1.17 bits per heavy atom. The highest BCUT2D eigenvalue weighted by molar-refractivity contribution is 5.46. The van der Waals surface area contributed by atoms with E-state index in [4.69, 9.17) is 4.74 Å². The van der Waals surface area contributed by atoms with Gasteiger partial charge in [0.05, 0.1) is 18.3 Å². The van der Waals surface area contributed by atoms with E-state index in [1.165, 1.54) is 24.1 Å². The van der Waals surface area contributed by atoms with Crippen molar-refractivity contribution in [1.29, 1.82) is 0 Å². The Labute approximate surface area is 136 Å². The molecular weight excluding hydrogens is 286 g/mol. The number of nitrogens with zero attached hydrogens (tertiary/aromatic N) is 3. The van der Waals surface area contributed by atoms with Gasteiger partial charge in [0.15, 0.2) is 0 Å². The molecule has 3 aromatic rings. The summed E-state index contributed by atoms with van der Waals surface area (Å²) >= 11 is 0. The second-order valence-corrected chi connectivity index (χ2v) is 6.09. The Morgan fingerprint density at radius 2 is 2.09 bits per heavy atom. The number of pyridine rings is 1. The standard InChI is InChI=1S/C19H21N3O/c1-23-18-8-2-5-15(13-18)19-9-4-12-21(19)14-17-7-3-6-16-10-11-20-22(16)17/h2-3,5-8,10-11,13,19H,4,9,12,14H2,1H3. The van der Waals surface area contributed by atoms with Crippen LogP contribution in [0.15, 0.2) is 54.7 Å². The van der Waals surface area contributed by atoms with E-state index in [0.29, 0.717) is 6.04 Å². The molecule has 0 saturated carbocycles. The van der Waals surface area contributed by atoms with E-state index < -0.39 is 0 Å². The number of hydrogen-bond donors (Lipinski definition) is 0. The molecule has 1 atom stereocenters. The lowest BCUT2D eigenvalue weighted by molar-refractivity contribution is 0.243. The van der Waals surface area contributed by atoms with Crippen molar-refractivity contribution in [3.8, 4) is 5.75 Å². The zero-order valence-corrected chi connectivity index (χ0v) is 13.4. The predicted octanol–water partition coefficient (Wildman–Crippen LogP) is 3.68. The predicted molar refractivity (Wildman–Crippen MR) is 90.6 cm³/mol. The number of fused-ring (bicyclic) bond motifs is 1. The van der Waals surface area contributed by atoms with Crippen molar-refractivity contribution >= 4 is 5.52 Å². The lowest BCUT2D eigenvalue weighted by Crippen LogP contribution is -2.24. The van der Waals surface area contributed by atoms with Crippen molar-refractivity contribution in [2.75, 3.05) is 13.7 Å². The molecule has 1 fully saturated rings. The molecular formula is C19H21N3O. The minimum atomic E-state index is 0.455. The molecule has 1 aliphatic rings. The van der Waals surface area contributed by atoms with Crippen molar-refractivity contribution in [3.05, 3.63) is 66.0 Å². The summed E-state index contributed by atoms with van der Waals surface area (Å²) in [5.74, 6) is 0.934. The molecule has 1 saturated heterocycles. The normalized spacial score (nSPS) is 18.6. The van der Waals surface area contributed by atoms with E-state index in [2.05, 4.69) is 46.4 Å². The summed E-state index contributed by atoms with van der Waals surface area (Å²) in [6.45, 7) is 2.04. The smallest absolute Gasteiger partial charge is 0.119 e. The minimum Gasteiger partial charge on any atom is -0.497 e. The molecule has 1 unspecified atom stereocenters. The third-order valence-corrected chi connectivity index (χ3v) is 4.71. The van der Waals surface area contributed by atoms with Crippen molar-refractivity contribution in [2.24, 2.45) is 0 Å². The van der Waals surface area contributed by atoms with Gasteiger partial charge in [0.1, 0.15) is 5.75 Å². The van der Waals surface area contributed by atoms with Gasteiger partial charge < -0.3 is 4.74 Å². The van der Waals surface area contributed by atoms with Gasteiger partial charge in [-0.3, -0.25) is 4.90 Å². The van der Waals surface area contributed by atoms with Crippen LogP contribution >= 0.6 is 0 Å². The van der Waals surface area contributed by atoms with Crippen LogP contribution in [0, 0.1) is 0 Å². The number of hydrogen-bond acceptors (Lipinski definition) is 3. The van der Waals surface area contributed by atoms with Crippen molar-refractivity contribution in [2.45, 2.75) is 25.4 Å². The van der Waals surface area contributed by atoms with Gasteiger partial charge in [0.2, 0.25) is 0 Å². The molecule has 118 valence electrons. The lowest BCUT2D eigenvalue weighted by Gasteiger charge is -2.25. The average Bonchev–Trinajstić information content (AvgIpc) is 3.24. The highest BCUT2D eigenvalue weighted by atomic mass is 16.5. The Kier molecular flexibility index (Phi) is 3.75. The Morgan fingerprint density at radius 3 is 3.00 bits per heavy atom. The summed E-state index contributed by atoms with van der Waals surface area (Å²) in [4.78, 5) is 2.55. The topological polar surface area (TPSA) is 29.8 Å². The molecule has 0 aliphatic carbocycles. The van der Waals surface area contributed by atoms with E-state index in [1.807, 2.05) is 22.8 Å². The van der Waals surface area contributed by atoms with Gasteiger partial charge in [-0.25, -0.2) is 4.52 Å². The van der Waals surface area contributed by atoms with E-state index in [0.717, 1.165) is 24.4 Å². The van der Waals surface area contributed by atoms with Gasteiger partial charge in [-0.1, -0.05) is 18.2 Å². The maximum atomic E-state index is 5.38. The van der Waals surface area contributed by atoms with Crippen LogP contribution < -0.4 is 4.74 Å². The number of methoxy groups -OCH3 is 1. The first-order valence-electron chi connectivity index (χ1n) is 8.15. The Hall–Kier alpha value is -2.33. The third-order valence-electron chi connectivity index (χ3n) is 4.71. The lowest BCUT2D eigenvalue weighted by atomic mass is 10.0. The first-order valence-corrected chi connectivity index (χ1v) is 8.15. The van der Waals surface area contributed by atoms with Crippen LogP contribution in [0.1, 0.15) is 30.1 Å². The molecule has 1 aromatic carbocycles. The molecule has 0 bridgehead atoms. The molecule has 3 heterocycles. The maximum absolute atomic E-state index is 5.38. The van der Waals surface area contributed by atoms with Crippen LogP contribution in [0.4, 0.5) is 0 Å². The molecule has 1 aliphatic heterocycles. The zero-order valence-electron chi connectivity index (χ0n) is 13.4. The first kappa shape index (κ1) is 14.3. The van der Waals surface area contributed by atoms with E-state index in [9.17, 15) is 0 Å². The summed E-state index contributed by atoms with van der Waals surface area (Å²) in [6, 6.07) is 17.3. The zero-order chi connectivity index (χ0) is 15.6. The molecule has 2 aromatic heterocycles. The van der Waals surface area contributed by atoms with Gasteiger partial charge in [0.25, 0.3) is 0 Å². The summed E-state index contributed by atoms with van der Waals surface area (Å²) in [5.41, 5.74) is 3.73. The number of rotatable bonds is 4. The molecule has 4 nitrogen and oxygen atoms in total. The SMILES string of the molecule is COc1cccc(C2CCCN2Cc2cccc3ccnn23)c1. The highest BCUT2D eigenvalue weighted by Crippen LogP contribution is 2.34. The molecule has 4 rings (SSSR count). The Bertz CT molecular complexity index is 811. The van der Waals surface area contributed by atoms with Crippen LogP contribution in [0.3, 0.4) is 0 Å². The first-order chi connectivity index (χ1) is 11.3. The van der Waals surface area contributed by atoms with E-state index >= 15 is 0 Å². The van der Waals surface area contributed by atoms with Gasteiger partial charge in [-0.15, -0.1) is 0 Å². The number of likely N-dealkylation sites (tertiary alicyclic amines) is 1. The molecule has 23 heavy (non-hydrogen) atoms. The van der Waals surface area contributed by atoms with Crippen LogP contribution in [0.25, 0.3) is 5.52 Å². The van der Waals surface area contributed by atoms with Crippen LogP contribution in [-0.2, 0) is 6.54 Å². The van der Waals surface area contributed by atoms with Crippen LogP contribution in [-0.4, -0.2) is 28.2 Å². The Balaban J connectivity index is 1.61. The van der Waals surface area contributed by atoms with Crippen molar-refractivity contribution in [1.82, 2.24) is 14.5 Å². The summed E-state index contributed by atoms with van der Waals surface area (Å²) in [6.07, 6.45) is 4.29. The molecule has 0 radical (unpaired) electrons. The maximum Gasteiger partial charge on any atom is 0.119 e. The largest absolute Gasteiger partial charge is 0.497 e. The molecule has 0 spiro atoms. The second-order valence-electron chi connectivity index (χ2n) is 6.09. The average molecular weight is 307 g/mol. The fourth-order valence-corrected chi connectivity index (χ4v) is 3.58. The highest BCUT2D eigenvalue weighted by Gasteiger charge is 2.26.